The monoisotopic (exact) mass is 310 g/mol. The SMILES string of the molecule is C=CC(=C)C.CC1CO1.[Na+].[Na+].[Na+].[Na+].[O-][Si]([O-])([O-])[O-]. The topological polar surface area (TPSA) is 105 Å². The summed E-state index contributed by atoms with van der Waals surface area (Å²) in [6, 6.07) is 0. The maximum absolute atomic E-state index is 8.58. The summed E-state index contributed by atoms with van der Waals surface area (Å²) in [6.45, 7) is 12.0. The molecule has 0 bridgehead atoms. The van der Waals surface area contributed by atoms with Gasteiger partial charge < -0.3 is 33.0 Å². The van der Waals surface area contributed by atoms with Gasteiger partial charge in [0.05, 0.1) is 12.7 Å². The molecule has 0 aromatic carbocycles. The van der Waals surface area contributed by atoms with Gasteiger partial charge >= 0.3 is 118 Å². The molecule has 0 aliphatic carbocycles. The molecule has 1 aliphatic heterocycles. The summed E-state index contributed by atoms with van der Waals surface area (Å²) in [5.74, 6) is 0. The van der Waals surface area contributed by atoms with E-state index >= 15 is 0 Å². The first-order chi connectivity index (χ1) is 6.16. The van der Waals surface area contributed by atoms with Crippen LogP contribution >= 0.6 is 0 Å². The van der Waals surface area contributed by atoms with Crippen molar-refractivity contribution < 1.29 is 142 Å². The van der Waals surface area contributed by atoms with Crippen LogP contribution in [0.1, 0.15) is 13.8 Å². The van der Waals surface area contributed by atoms with Gasteiger partial charge in [-0.15, -0.1) is 0 Å². The molecule has 0 spiro atoms. The van der Waals surface area contributed by atoms with Crippen LogP contribution in [0.25, 0.3) is 0 Å². The van der Waals surface area contributed by atoms with Crippen molar-refractivity contribution in [3.63, 3.8) is 0 Å². The summed E-state index contributed by atoms with van der Waals surface area (Å²) in [7, 11) is -5.61. The second kappa shape index (κ2) is 22.8. The van der Waals surface area contributed by atoms with Crippen molar-refractivity contribution in [2.24, 2.45) is 0 Å². The maximum Gasteiger partial charge on any atom is 1.00 e. The van der Waals surface area contributed by atoms with E-state index in [0.29, 0.717) is 6.10 Å². The van der Waals surface area contributed by atoms with Gasteiger partial charge in [0, 0.05) is 0 Å². The second-order valence-corrected chi connectivity index (χ2v) is 3.69. The minimum atomic E-state index is -5.61. The first-order valence-corrected chi connectivity index (χ1v) is 5.51. The third-order valence-corrected chi connectivity index (χ3v) is 0.848. The van der Waals surface area contributed by atoms with Crippen LogP contribution in [0.3, 0.4) is 0 Å². The molecule has 1 heterocycles. The van der Waals surface area contributed by atoms with E-state index in [1.54, 1.807) is 6.08 Å². The summed E-state index contributed by atoms with van der Waals surface area (Å²) in [5, 5.41) is 0. The van der Waals surface area contributed by atoms with Gasteiger partial charge in [0.1, 0.15) is 0 Å². The molecule has 0 aromatic rings. The molecular formula is C8H14Na4O5Si. The van der Waals surface area contributed by atoms with Gasteiger partial charge in [0.15, 0.2) is 0 Å². The van der Waals surface area contributed by atoms with Crippen molar-refractivity contribution in [2.75, 3.05) is 6.61 Å². The molecule has 18 heavy (non-hydrogen) atoms. The second-order valence-electron chi connectivity index (χ2n) is 2.69. The first kappa shape index (κ1) is 37.6. The number of ether oxygens (including phenoxy) is 1. The van der Waals surface area contributed by atoms with E-state index in [-0.39, 0.29) is 118 Å². The molecular weight excluding hydrogens is 296 g/mol. The fraction of sp³-hybridized carbons (Fsp3) is 0.500. The Morgan fingerprint density at radius 3 is 1.28 bits per heavy atom. The molecule has 0 saturated carbocycles. The fourth-order valence-corrected chi connectivity index (χ4v) is 0.0962. The van der Waals surface area contributed by atoms with E-state index in [0.717, 1.165) is 12.2 Å². The summed E-state index contributed by atoms with van der Waals surface area (Å²) in [6.07, 6.45) is 2.31. The molecule has 1 unspecified atom stereocenters. The third-order valence-electron chi connectivity index (χ3n) is 0.848. The Balaban J connectivity index is -0.0000000270. The van der Waals surface area contributed by atoms with E-state index in [2.05, 4.69) is 20.1 Å². The van der Waals surface area contributed by atoms with Crippen LogP contribution in [-0.2, 0) is 4.74 Å². The van der Waals surface area contributed by atoms with Crippen molar-refractivity contribution in [2.45, 2.75) is 20.0 Å². The molecule has 5 nitrogen and oxygen atoms in total. The average Bonchev–Trinajstić information content (AvgIpc) is 2.69. The molecule has 1 atom stereocenters. The molecule has 0 radical (unpaired) electrons. The number of hydrogen-bond donors (Lipinski definition) is 0. The van der Waals surface area contributed by atoms with E-state index in [1.165, 1.54) is 0 Å². The molecule has 1 fully saturated rings. The van der Waals surface area contributed by atoms with Crippen molar-refractivity contribution in [3.05, 3.63) is 24.8 Å². The number of hydrogen-bond acceptors (Lipinski definition) is 5. The van der Waals surface area contributed by atoms with Crippen molar-refractivity contribution in [3.8, 4) is 0 Å². The van der Waals surface area contributed by atoms with Gasteiger partial charge in [-0.1, -0.05) is 24.8 Å². The normalized spacial score (nSPS) is 14.0. The zero-order valence-corrected chi connectivity index (χ0v) is 21.3. The third kappa shape index (κ3) is 92.4. The average molecular weight is 310 g/mol. The predicted octanol–water partition coefficient (Wildman–Crippen LogP) is -15.0. The van der Waals surface area contributed by atoms with Crippen LogP contribution in [0.4, 0.5) is 0 Å². The van der Waals surface area contributed by atoms with Gasteiger partial charge in [-0.25, -0.2) is 0 Å². The summed E-state index contributed by atoms with van der Waals surface area (Å²) >= 11 is 0. The largest absolute Gasteiger partial charge is 1.00 e. The van der Waals surface area contributed by atoms with Crippen LogP contribution in [0, 0.1) is 0 Å². The fourth-order valence-electron chi connectivity index (χ4n) is 0.0962. The zero-order valence-electron chi connectivity index (χ0n) is 12.3. The van der Waals surface area contributed by atoms with Gasteiger partial charge in [0.2, 0.25) is 0 Å². The molecule has 1 rings (SSSR count). The standard InChI is InChI=1S/C5H8.C3H6O.4Na.O4Si/c1-4-5(2)3;1-3-2-4-3;;;;;1-5(2,3)4/h4H,1-2H2,3H3;3H,2H2,1H3;;;;;/q;;4*+1;-4. The number of allylic oxidation sites excluding steroid dienone is 2. The first-order valence-electron chi connectivity index (χ1n) is 3.88. The van der Waals surface area contributed by atoms with E-state index in [9.17, 15) is 0 Å². The Labute approximate surface area is 199 Å². The molecule has 1 aliphatic rings. The summed E-state index contributed by atoms with van der Waals surface area (Å²) in [5.41, 5.74) is 1.02. The number of epoxide rings is 1. The Hall–Kier alpha value is 3.50. The van der Waals surface area contributed by atoms with Gasteiger partial charge in [0.25, 0.3) is 0 Å². The molecule has 0 amide bonds. The van der Waals surface area contributed by atoms with Crippen LogP contribution in [0.15, 0.2) is 24.8 Å². The van der Waals surface area contributed by atoms with Crippen molar-refractivity contribution in [1.29, 1.82) is 0 Å². The van der Waals surface area contributed by atoms with Crippen molar-refractivity contribution in [1.82, 2.24) is 0 Å². The van der Waals surface area contributed by atoms with Crippen LogP contribution in [0.2, 0.25) is 0 Å². The Bertz CT molecular complexity index is 179. The molecule has 84 valence electrons. The number of rotatable bonds is 1. The molecule has 10 heteroatoms. The summed E-state index contributed by atoms with van der Waals surface area (Å²) in [4.78, 5) is 34.3. The molecule has 0 N–H and O–H groups in total. The Morgan fingerprint density at radius 2 is 1.28 bits per heavy atom. The van der Waals surface area contributed by atoms with Gasteiger partial charge in [-0.05, 0) is 13.8 Å². The van der Waals surface area contributed by atoms with Crippen molar-refractivity contribution >= 4 is 9.05 Å². The van der Waals surface area contributed by atoms with E-state index < -0.39 is 9.05 Å². The zero-order chi connectivity index (χ0) is 11.8. The minimum absolute atomic E-state index is 0. The molecule has 0 aromatic heterocycles. The van der Waals surface area contributed by atoms with E-state index in [1.807, 2.05) is 6.92 Å². The summed E-state index contributed by atoms with van der Waals surface area (Å²) < 4.78 is 4.71. The smallest absolute Gasteiger partial charge is 0.894 e. The quantitative estimate of drug-likeness (QED) is 0.272. The van der Waals surface area contributed by atoms with Crippen LogP contribution in [-0.4, -0.2) is 21.8 Å². The van der Waals surface area contributed by atoms with Gasteiger partial charge in [-0.2, -0.15) is 0 Å². The Kier molecular flexibility index (Phi) is 47.6. The Morgan fingerprint density at radius 1 is 1.17 bits per heavy atom. The maximum atomic E-state index is 8.58. The van der Waals surface area contributed by atoms with E-state index in [4.69, 9.17) is 23.9 Å². The minimum Gasteiger partial charge on any atom is -0.894 e. The van der Waals surface area contributed by atoms with Gasteiger partial charge in [-0.3, -0.25) is 0 Å². The predicted molar refractivity (Wildman–Crippen MR) is 46.2 cm³/mol. The molecule has 1 saturated heterocycles. The van der Waals surface area contributed by atoms with Crippen LogP contribution in [0.5, 0.6) is 0 Å². The van der Waals surface area contributed by atoms with Crippen LogP contribution < -0.4 is 137 Å².